The van der Waals surface area contributed by atoms with E-state index in [2.05, 4.69) is 58.5 Å². The van der Waals surface area contributed by atoms with Crippen LogP contribution in [0.2, 0.25) is 0 Å². The van der Waals surface area contributed by atoms with Gasteiger partial charge in [-0.15, -0.1) is 0 Å². The highest BCUT2D eigenvalue weighted by Gasteiger charge is 2.34. The van der Waals surface area contributed by atoms with E-state index in [0.717, 1.165) is 63.3 Å². The van der Waals surface area contributed by atoms with Gasteiger partial charge in [0.25, 0.3) is 6.47 Å². The summed E-state index contributed by atoms with van der Waals surface area (Å²) >= 11 is 0. The first-order chi connectivity index (χ1) is 17.4. The summed E-state index contributed by atoms with van der Waals surface area (Å²) in [6, 6.07) is 12.3. The van der Waals surface area contributed by atoms with Crippen LogP contribution in [0.15, 0.2) is 48.8 Å². The number of imidazole rings is 1. The number of aryl methyl sites for hydroxylation is 2. The van der Waals surface area contributed by atoms with Gasteiger partial charge in [-0.2, -0.15) is 0 Å². The Labute approximate surface area is 211 Å². The SMILES string of the molecule is CCc1nc(-c2cccc3cc(-c4ccc(C)nc4)ncc23)c2n1C(CC)C(=O)N(C)C2.COC=O. The summed E-state index contributed by atoms with van der Waals surface area (Å²) in [5.41, 5.74) is 6.01. The fourth-order valence-electron chi connectivity index (χ4n) is 4.68. The van der Waals surface area contributed by atoms with Gasteiger partial charge in [-0.05, 0) is 36.9 Å². The number of methoxy groups -OCH3 is 1. The number of nitrogens with zero attached hydrogens (tertiary/aromatic N) is 5. The number of amides is 1. The van der Waals surface area contributed by atoms with Crippen LogP contribution < -0.4 is 0 Å². The van der Waals surface area contributed by atoms with E-state index in [1.54, 1.807) is 0 Å². The minimum Gasteiger partial charge on any atom is -0.471 e. The van der Waals surface area contributed by atoms with Crippen molar-refractivity contribution in [1.82, 2.24) is 24.4 Å². The number of carbonyl (C=O) groups excluding carboxylic acids is 2. The normalized spacial score (nSPS) is 14.8. The van der Waals surface area contributed by atoms with Gasteiger partial charge in [0, 0.05) is 48.1 Å². The third-order valence-corrected chi connectivity index (χ3v) is 6.47. The van der Waals surface area contributed by atoms with Crippen molar-refractivity contribution in [3.63, 3.8) is 0 Å². The number of rotatable bonds is 5. The molecule has 4 heterocycles. The van der Waals surface area contributed by atoms with Gasteiger partial charge < -0.3 is 14.2 Å². The predicted molar refractivity (Wildman–Crippen MR) is 139 cm³/mol. The first kappa shape index (κ1) is 25.0. The van der Waals surface area contributed by atoms with Crippen LogP contribution in [0.3, 0.4) is 0 Å². The quantitative estimate of drug-likeness (QED) is 0.379. The summed E-state index contributed by atoms with van der Waals surface area (Å²) in [5, 5.41) is 2.17. The van der Waals surface area contributed by atoms with Crippen molar-refractivity contribution < 1.29 is 14.3 Å². The number of benzene rings is 1. The van der Waals surface area contributed by atoms with Crippen LogP contribution in [0.1, 0.15) is 43.5 Å². The van der Waals surface area contributed by atoms with E-state index in [0.29, 0.717) is 13.0 Å². The molecule has 0 radical (unpaired) electrons. The number of fused-ring (bicyclic) bond motifs is 2. The number of carbonyl (C=O) groups is 2. The van der Waals surface area contributed by atoms with Crippen molar-refractivity contribution in [3.8, 4) is 22.5 Å². The first-order valence-corrected chi connectivity index (χ1v) is 12.1. The summed E-state index contributed by atoms with van der Waals surface area (Å²) in [5.74, 6) is 1.13. The molecule has 1 aliphatic rings. The molecule has 1 aromatic carbocycles. The fraction of sp³-hybridized carbons (Fsp3) is 0.321. The van der Waals surface area contributed by atoms with Gasteiger partial charge in [0.15, 0.2) is 0 Å². The molecule has 1 atom stereocenters. The monoisotopic (exact) mass is 485 g/mol. The van der Waals surface area contributed by atoms with E-state index in [1.807, 2.05) is 37.3 Å². The van der Waals surface area contributed by atoms with Crippen molar-refractivity contribution in [2.75, 3.05) is 14.2 Å². The summed E-state index contributed by atoms with van der Waals surface area (Å²) in [6.45, 7) is 7.08. The van der Waals surface area contributed by atoms with Crippen LogP contribution >= 0.6 is 0 Å². The average molecular weight is 486 g/mol. The molecule has 1 unspecified atom stereocenters. The molecule has 0 saturated heterocycles. The lowest BCUT2D eigenvalue weighted by Crippen LogP contribution is -2.40. The second-order valence-electron chi connectivity index (χ2n) is 8.78. The zero-order valence-electron chi connectivity index (χ0n) is 21.4. The van der Waals surface area contributed by atoms with Crippen LogP contribution in [-0.2, 0) is 27.3 Å². The topological polar surface area (TPSA) is 90.2 Å². The van der Waals surface area contributed by atoms with Crippen molar-refractivity contribution >= 4 is 23.2 Å². The molecule has 8 nitrogen and oxygen atoms in total. The minimum absolute atomic E-state index is 0.162. The molecule has 0 aliphatic carbocycles. The smallest absolute Gasteiger partial charge is 0.292 e. The molecule has 0 bridgehead atoms. The highest BCUT2D eigenvalue weighted by molar-refractivity contribution is 5.97. The molecule has 5 rings (SSSR count). The van der Waals surface area contributed by atoms with Crippen molar-refractivity contribution in [1.29, 1.82) is 0 Å². The number of pyridine rings is 2. The highest BCUT2D eigenvalue weighted by Crippen LogP contribution is 2.37. The zero-order chi connectivity index (χ0) is 25.8. The van der Waals surface area contributed by atoms with Crippen LogP contribution in [0, 0.1) is 6.92 Å². The molecule has 186 valence electrons. The standard InChI is InChI=1S/C26H27N5O.C2H4O2/c1-5-22-26(32)30(4)15-23-25(29-24(6-2)31(22)23)19-9-7-8-17-12-21(28-14-20(17)19)18-11-10-16(3)27-13-18;1-4-2-3/h7-14,22H,5-6,15H2,1-4H3;2H,1H3. The number of hydrogen-bond acceptors (Lipinski definition) is 6. The lowest BCUT2D eigenvalue weighted by atomic mass is 10.00. The van der Waals surface area contributed by atoms with E-state index < -0.39 is 0 Å². The Morgan fingerprint density at radius 1 is 1.14 bits per heavy atom. The Balaban J connectivity index is 0.000000709. The Morgan fingerprint density at radius 2 is 1.92 bits per heavy atom. The lowest BCUT2D eigenvalue weighted by Gasteiger charge is -2.32. The zero-order valence-corrected chi connectivity index (χ0v) is 21.4. The largest absolute Gasteiger partial charge is 0.471 e. The maximum absolute atomic E-state index is 12.8. The third kappa shape index (κ3) is 4.58. The Morgan fingerprint density at radius 3 is 2.56 bits per heavy atom. The van der Waals surface area contributed by atoms with Gasteiger partial charge >= 0.3 is 0 Å². The van der Waals surface area contributed by atoms with Crippen molar-refractivity contribution in [2.45, 2.75) is 46.2 Å². The third-order valence-electron chi connectivity index (χ3n) is 6.47. The number of aromatic nitrogens is 4. The minimum atomic E-state index is -0.186. The van der Waals surface area contributed by atoms with E-state index >= 15 is 0 Å². The molecular weight excluding hydrogens is 454 g/mol. The van der Waals surface area contributed by atoms with E-state index in [9.17, 15) is 4.79 Å². The first-order valence-electron chi connectivity index (χ1n) is 12.1. The van der Waals surface area contributed by atoms with E-state index in [4.69, 9.17) is 14.8 Å². The summed E-state index contributed by atoms with van der Waals surface area (Å²) in [6.07, 6.45) is 5.34. The average Bonchev–Trinajstić information content (AvgIpc) is 3.27. The lowest BCUT2D eigenvalue weighted by molar-refractivity contribution is -0.136. The number of hydrogen-bond donors (Lipinski definition) is 0. The molecule has 1 aliphatic heterocycles. The maximum atomic E-state index is 12.8. The van der Waals surface area contributed by atoms with Gasteiger partial charge in [-0.25, -0.2) is 4.98 Å². The van der Waals surface area contributed by atoms with Crippen LogP contribution in [-0.4, -0.2) is 51.0 Å². The number of ether oxygens (including phenoxy) is 1. The van der Waals surface area contributed by atoms with E-state index in [-0.39, 0.29) is 11.9 Å². The van der Waals surface area contributed by atoms with Gasteiger partial charge in [0.05, 0.1) is 30.7 Å². The predicted octanol–water partition coefficient (Wildman–Crippen LogP) is 4.74. The molecule has 0 N–H and O–H groups in total. The molecule has 8 heteroatoms. The maximum Gasteiger partial charge on any atom is 0.292 e. The summed E-state index contributed by atoms with van der Waals surface area (Å²) in [7, 11) is 3.19. The Bertz CT molecular complexity index is 1390. The molecule has 0 fully saturated rings. The summed E-state index contributed by atoms with van der Waals surface area (Å²) < 4.78 is 6.04. The van der Waals surface area contributed by atoms with Crippen LogP contribution in [0.4, 0.5) is 0 Å². The highest BCUT2D eigenvalue weighted by atomic mass is 16.5. The van der Waals surface area contributed by atoms with E-state index in [1.165, 1.54) is 7.11 Å². The van der Waals surface area contributed by atoms with Gasteiger partial charge in [-0.3, -0.25) is 19.6 Å². The van der Waals surface area contributed by atoms with Gasteiger partial charge in [-0.1, -0.05) is 32.0 Å². The van der Waals surface area contributed by atoms with Gasteiger partial charge in [0.2, 0.25) is 5.91 Å². The molecule has 4 aromatic rings. The van der Waals surface area contributed by atoms with Crippen molar-refractivity contribution in [3.05, 3.63) is 66.0 Å². The molecule has 36 heavy (non-hydrogen) atoms. The fourth-order valence-corrected chi connectivity index (χ4v) is 4.68. The molecule has 1 amide bonds. The molecule has 3 aromatic heterocycles. The summed E-state index contributed by atoms with van der Waals surface area (Å²) in [4.78, 5) is 37.8. The number of likely N-dealkylation sites (N-methyl/N-ethyl adjacent to an activating group) is 1. The molecule has 0 spiro atoms. The van der Waals surface area contributed by atoms with Gasteiger partial charge in [0.1, 0.15) is 11.9 Å². The molecular formula is C28H31N5O3. The van der Waals surface area contributed by atoms with Crippen LogP contribution in [0.5, 0.6) is 0 Å². The molecule has 0 saturated carbocycles. The second kappa shape index (κ2) is 10.7. The second-order valence-corrected chi connectivity index (χ2v) is 8.78. The van der Waals surface area contributed by atoms with Crippen LogP contribution in [0.25, 0.3) is 33.3 Å². The Kier molecular flexibility index (Phi) is 7.43. The van der Waals surface area contributed by atoms with Crippen molar-refractivity contribution in [2.24, 2.45) is 0 Å². The Hall–Kier alpha value is -4.07.